The molecule has 1 amide bonds. The number of aryl methyl sites for hydroxylation is 1. The third kappa shape index (κ3) is 5.72. The van der Waals surface area contributed by atoms with Crippen molar-refractivity contribution in [1.29, 1.82) is 5.26 Å². The van der Waals surface area contributed by atoms with Gasteiger partial charge >= 0.3 is 0 Å². The molecular formula is C26H27N3O4S2. The van der Waals surface area contributed by atoms with Crippen LogP contribution < -0.4 is 5.56 Å². The number of amides is 1. The lowest BCUT2D eigenvalue weighted by Gasteiger charge is -2.18. The molecule has 0 spiro atoms. The number of rotatable bonds is 9. The van der Waals surface area contributed by atoms with E-state index in [0.29, 0.717) is 11.3 Å². The van der Waals surface area contributed by atoms with Gasteiger partial charge in [-0.1, -0.05) is 80.0 Å². The van der Waals surface area contributed by atoms with E-state index in [0.717, 1.165) is 46.7 Å². The van der Waals surface area contributed by atoms with E-state index in [2.05, 4.69) is 6.92 Å². The van der Waals surface area contributed by atoms with Crippen LogP contribution in [0.4, 0.5) is 0 Å². The first-order chi connectivity index (χ1) is 16.7. The zero-order chi connectivity index (χ0) is 25.7. The van der Waals surface area contributed by atoms with Gasteiger partial charge in [0.25, 0.3) is 11.5 Å². The van der Waals surface area contributed by atoms with Crippen molar-refractivity contribution in [3.63, 3.8) is 0 Å². The Kier molecular flexibility index (Phi) is 8.65. The van der Waals surface area contributed by atoms with Gasteiger partial charge in [-0.2, -0.15) is 5.26 Å². The highest BCUT2D eigenvalue weighted by Crippen LogP contribution is 2.33. The third-order valence-electron chi connectivity index (χ3n) is 5.86. The number of Topliss-reactive ketones (excluding diaryl/α,β-unsaturated/α-hetero) is 1. The summed E-state index contributed by atoms with van der Waals surface area (Å²) in [5, 5.41) is 20.4. The first-order valence-corrected chi connectivity index (χ1v) is 12.6. The summed E-state index contributed by atoms with van der Waals surface area (Å²) in [5.41, 5.74) is 1.09. The van der Waals surface area contributed by atoms with Crippen molar-refractivity contribution in [2.75, 3.05) is 6.54 Å². The lowest BCUT2D eigenvalue weighted by Crippen LogP contribution is -2.35. The molecule has 0 saturated carbocycles. The SMILES string of the molecule is CCCCCCn1c(O)c(C(=O)CN2C(=O)/C(=C/c3ccc(C)cc3)SC2=S)c(C)c(C#N)c1=O. The minimum atomic E-state index is -0.623. The fourth-order valence-corrected chi connectivity index (χ4v) is 5.12. The first-order valence-electron chi connectivity index (χ1n) is 11.4. The number of hydrogen-bond acceptors (Lipinski definition) is 7. The maximum atomic E-state index is 13.3. The van der Waals surface area contributed by atoms with Crippen LogP contribution in [0.5, 0.6) is 5.88 Å². The number of benzene rings is 1. The van der Waals surface area contributed by atoms with Crippen LogP contribution in [0.15, 0.2) is 34.0 Å². The Hall–Kier alpha value is -3.22. The Labute approximate surface area is 214 Å². The number of hydrogen-bond donors (Lipinski definition) is 1. The third-order valence-corrected chi connectivity index (χ3v) is 7.24. The van der Waals surface area contributed by atoms with Gasteiger partial charge in [-0.25, -0.2) is 0 Å². The van der Waals surface area contributed by atoms with Crippen molar-refractivity contribution in [2.45, 2.75) is 53.0 Å². The number of nitrogens with zero attached hydrogens (tertiary/aromatic N) is 3. The molecule has 1 aromatic heterocycles. The van der Waals surface area contributed by atoms with E-state index in [4.69, 9.17) is 12.2 Å². The molecule has 0 aliphatic carbocycles. The molecule has 1 saturated heterocycles. The smallest absolute Gasteiger partial charge is 0.271 e. The molecule has 182 valence electrons. The lowest BCUT2D eigenvalue weighted by atomic mass is 10.0. The molecule has 0 unspecified atom stereocenters. The van der Waals surface area contributed by atoms with Crippen LogP contribution in [-0.2, 0) is 11.3 Å². The average Bonchev–Trinajstić information content (AvgIpc) is 3.07. The summed E-state index contributed by atoms with van der Waals surface area (Å²) >= 11 is 6.45. The second-order valence-corrected chi connectivity index (χ2v) is 10.1. The highest BCUT2D eigenvalue weighted by Gasteiger charge is 2.35. The Morgan fingerprint density at radius 3 is 2.49 bits per heavy atom. The molecule has 1 aliphatic rings. The van der Waals surface area contributed by atoms with Gasteiger partial charge in [0, 0.05) is 6.54 Å². The molecule has 0 atom stereocenters. The molecular weight excluding hydrogens is 482 g/mol. The zero-order valence-electron chi connectivity index (χ0n) is 20.0. The topological polar surface area (TPSA) is 103 Å². The van der Waals surface area contributed by atoms with Crippen molar-refractivity contribution in [2.24, 2.45) is 0 Å². The number of carbonyl (C=O) groups excluding carboxylic acids is 2. The molecule has 1 aromatic carbocycles. The van der Waals surface area contributed by atoms with E-state index in [1.165, 1.54) is 11.8 Å². The van der Waals surface area contributed by atoms with E-state index >= 15 is 0 Å². The van der Waals surface area contributed by atoms with Crippen molar-refractivity contribution >= 4 is 46.1 Å². The summed E-state index contributed by atoms with van der Waals surface area (Å²) in [6.07, 6.45) is 5.18. The van der Waals surface area contributed by atoms with E-state index in [-0.39, 0.29) is 27.6 Å². The van der Waals surface area contributed by atoms with Gasteiger partial charge < -0.3 is 5.11 Å². The summed E-state index contributed by atoms with van der Waals surface area (Å²) in [4.78, 5) is 40.6. The number of carbonyl (C=O) groups is 2. The maximum Gasteiger partial charge on any atom is 0.271 e. The Morgan fingerprint density at radius 1 is 1.17 bits per heavy atom. The van der Waals surface area contributed by atoms with Crippen molar-refractivity contribution < 1.29 is 14.7 Å². The number of thioether (sulfide) groups is 1. The minimum Gasteiger partial charge on any atom is -0.494 e. The van der Waals surface area contributed by atoms with Crippen LogP contribution in [-0.4, -0.2) is 37.1 Å². The summed E-state index contributed by atoms with van der Waals surface area (Å²) in [6.45, 7) is 5.28. The molecule has 0 radical (unpaired) electrons. The largest absolute Gasteiger partial charge is 0.494 e. The number of nitriles is 1. The predicted molar refractivity (Wildman–Crippen MR) is 141 cm³/mol. The van der Waals surface area contributed by atoms with E-state index in [1.54, 1.807) is 6.08 Å². The molecule has 35 heavy (non-hydrogen) atoms. The normalized spacial score (nSPS) is 14.6. The highest BCUT2D eigenvalue weighted by molar-refractivity contribution is 8.26. The average molecular weight is 510 g/mol. The number of ketones is 1. The number of thiocarbonyl (C=S) groups is 1. The quantitative estimate of drug-likeness (QED) is 0.226. The number of aromatic hydroxyl groups is 1. The summed E-state index contributed by atoms with van der Waals surface area (Å²) in [7, 11) is 0. The summed E-state index contributed by atoms with van der Waals surface area (Å²) in [6, 6.07) is 9.51. The Balaban J connectivity index is 1.89. The van der Waals surface area contributed by atoms with Crippen LogP contribution in [0.2, 0.25) is 0 Å². The number of aromatic nitrogens is 1. The molecule has 0 bridgehead atoms. The zero-order valence-corrected chi connectivity index (χ0v) is 21.6. The van der Waals surface area contributed by atoms with Crippen LogP contribution in [0.25, 0.3) is 6.08 Å². The summed E-state index contributed by atoms with van der Waals surface area (Å²) in [5.74, 6) is -1.47. The molecule has 1 N–H and O–H groups in total. The molecule has 9 heteroatoms. The fraction of sp³-hybridized carbons (Fsp3) is 0.346. The molecule has 2 heterocycles. The van der Waals surface area contributed by atoms with Crippen molar-refractivity contribution in [3.8, 4) is 11.9 Å². The van der Waals surface area contributed by atoms with E-state index in [9.17, 15) is 24.8 Å². The molecule has 7 nitrogen and oxygen atoms in total. The van der Waals surface area contributed by atoms with Gasteiger partial charge in [-0.05, 0) is 37.5 Å². The second-order valence-electron chi connectivity index (χ2n) is 8.43. The molecule has 1 fully saturated rings. The highest BCUT2D eigenvalue weighted by atomic mass is 32.2. The Morgan fingerprint density at radius 2 is 1.86 bits per heavy atom. The molecule has 3 rings (SSSR count). The van der Waals surface area contributed by atoms with Crippen LogP contribution in [0, 0.1) is 25.2 Å². The monoisotopic (exact) mass is 509 g/mol. The van der Waals surface area contributed by atoms with Gasteiger partial charge in [0.1, 0.15) is 16.0 Å². The first kappa shape index (κ1) is 26.4. The van der Waals surface area contributed by atoms with Gasteiger partial charge in [-0.15, -0.1) is 0 Å². The van der Waals surface area contributed by atoms with Gasteiger partial charge in [0.05, 0.1) is 17.0 Å². The van der Waals surface area contributed by atoms with Crippen LogP contribution >= 0.6 is 24.0 Å². The predicted octanol–water partition coefficient (Wildman–Crippen LogP) is 4.71. The summed E-state index contributed by atoms with van der Waals surface area (Å²) < 4.78 is 1.31. The van der Waals surface area contributed by atoms with Gasteiger partial charge in [0.15, 0.2) is 5.78 Å². The van der Waals surface area contributed by atoms with Crippen LogP contribution in [0.1, 0.15) is 65.2 Å². The lowest BCUT2D eigenvalue weighted by molar-refractivity contribution is -0.121. The van der Waals surface area contributed by atoms with Crippen molar-refractivity contribution in [3.05, 3.63) is 67.3 Å². The minimum absolute atomic E-state index is 0.102. The maximum absolute atomic E-state index is 13.3. The molecule has 1 aliphatic heterocycles. The van der Waals surface area contributed by atoms with Gasteiger partial charge in [-0.3, -0.25) is 23.9 Å². The van der Waals surface area contributed by atoms with Gasteiger partial charge in [0.2, 0.25) is 5.88 Å². The fourth-order valence-electron chi connectivity index (χ4n) is 3.86. The number of unbranched alkanes of at least 4 members (excludes halogenated alkanes) is 3. The van der Waals surface area contributed by atoms with E-state index in [1.807, 2.05) is 37.3 Å². The standard InChI is InChI=1S/C26H27N3O4S2/c1-4-5-6-7-12-28-23(31)19(14-27)17(3)22(25(28)33)20(30)15-29-24(32)21(35-26(29)34)13-18-10-8-16(2)9-11-18/h8-11,13,33H,4-7,12,15H2,1-3H3/b21-13-. The molecule has 2 aromatic rings. The van der Waals surface area contributed by atoms with Crippen LogP contribution in [0.3, 0.4) is 0 Å². The Bertz CT molecular complexity index is 1300. The second kappa shape index (κ2) is 11.5. The number of pyridine rings is 1. The van der Waals surface area contributed by atoms with E-state index < -0.39 is 29.7 Å². The van der Waals surface area contributed by atoms with Crippen molar-refractivity contribution in [1.82, 2.24) is 9.47 Å².